The highest BCUT2D eigenvalue weighted by atomic mass is 16.6. The first-order chi connectivity index (χ1) is 8.65. The van der Waals surface area contributed by atoms with E-state index in [1.165, 1.54) is 0 Å². The number of amides is 1. The number of rotatable bonds is 4. The monoisotopic (exact) mass is 270 g/mol. The molecule has 0 radical (unpaired) electrons. The lowest BCUT2D eigenvalue weighted by atomic mass is 9.93. The van der Waals surface area contributed by atoms with Crippen molar-refractivity contribution in [1.82, 2.24) is 4.90 Å². The van der Waals surface area contributed by atoms with Gasteiger partial charge < -0.3 is 15.4 Å². The lowest BCUT2D eigenvalue weighted by Gasteiger charge is -2.33. The van der Waals surface area contributed by atoms with E-state index >= 15 is 0 Å². The topological polar surface area (TPSA) is 55.6 Å². The van der Waals surface area contributed by atoms with Gasteiger partial charge in [-0.15, -0.1) is 0 Å². The lowest BCUT2D eigenvalue weighted by Crippen LogP contribution is -2.45. The molecule has 0 bridgehead atoms. The second-order valence-corrected chi connectivity index (χ2v) is 7.26. The number of nitrogens with two attached hydrogens (primary N) is 1. The average Bonchev–Trinajstić information content (AvgIpc) is 2.51. The van der Waals surface area contributed by atoms with Gasteiger partial charge in [0.25, 0.3) is 0 Å². The molecule has 1 saturated heterocycles. The maximum Gasteiger partial charge on any atom is 0.410 e. The van der Waals surface area contributed by atoms with Crippen LogP contribution in [0.2, 0.25) is 0 Å². The minimum Gasteiger partial charge on any atom is -0.444 e. The van der Waals surface area contributed by atoms with E-state index in [1.54, 1.807) is 0 Å². The van der Waals surface area contributed by atoms with Gasteiger partial charge >= 0.3 is 6.09 Å². The van der Waals surface area contributed by atoms with Gasteiger partial charge in [0.1, 0.15) is 5.60 Å². The molecule has 112 valence electrons. The molecule has 0 aromatic rings. The van der Waals surface area contributed by atoms with Crippen molar-refractivity contribution < 1.29 is 9.53 Å². The molecule has 2 N–H and O–H groups in total. The van der Waals surface area contributed by atoms with Crippen molar-refractivity contribution in [2.24, 2.45) is 11.7 Å². The molecule has 19 heavy (non-hydrogen) atoms. The molecular weight excluding hydrogens is 240 g/mol. The number of ether oxygens (including phenoxy) is 1. The molecule has 1 fully saturated rings. The summed E-state index contributed by atoms with van der Waals surface area (Å²) in [6.45, 7) is 11.5. The van der Waals surface area contributed by atoms with Gasteiger partial charge in [-0.3, -0.25) is 0 Å². The zero-order valence-electron chi connectivity index (χ0n) is 13.2. The fourth-order valence-corrected chi connectivity index (χ4v) is 2.80. The van der Waals surface area contributed by atoms with Crippen LogP contribution in [-0.2, 0) is 4.74 Å². The first-order valence-electron chi connectivity index (χ1n) is 7.36. The second-order valence-electron chi connectivity index (χ2n) is 7.26. The number of carbonyl (C=O) groups is 1. The molecule has 1 rings (SSSR count). The smallest absolute Gasteiger partial charge is 0.410 e. The molecule has 1 aliphatic rings. The number of nitrogens with zero attached hydrogens (tertiary/aromatic N) is 1. The normalized spacial score (nSPS) is 22.6. The quantitative estimate of drug-likeness (QED) is 0.798. The van der Waals surface area contributed by atoms with Gasteiger partial charge in [-0.25, -0.2) is 4.79 Å². The molecule has 1 heterocycles. The largest absolute Gasteiger partial charge is 0.444 e. The Balaban J connectivity index is 2.56. The highest BCUT2D eigenvalue weighted by Crippen LogP contribution is 2.36. The third-order valence-corrected chi connectivity index (χ3v) is 3.64. The molecule has 4 nitrogen and oxygen atoms in total. The summed E-state index contributed by atoms with van der Waals surface area (Å²) < 4.78 is 5.50. The van der Waals surface area contributed by atoms with Crippen LogP contribution < -0.4 is 5.73 Å². The van der Waals surface area contributed by atoms with Crippen molar-refractivity contribution >= 4 is 6.09 Å². The van der Waals surface area contributed by atoms with Crippen LogP contribution in [0.4, 0.5) is 4.79 Å². The summed E-state index contributed by atoms with van der Waals surface area (Å²) >= 11 is 0. The molecule has 4 heteroatoms. The van der Waals surface area contributed by atoms with Gasteiger partial charge in [0.15, 0.2) is 0 Å². The SMILES string of the molecule is CC(C)(C)OC(=O)N1C[C@@H](CCCCN)CC1(C)C. The Bertz CT molecular complexity index is 308. The number of hydrogen-bond acceptors (Lipinski definition) is 3. The average molecular weight is 270 g/mol. The Morgan fingerprint density at radius 2 is 2.00 bits per heavy atom. The van der Waals surface area contributed by atoms with Crippen LogP contribution in [0.5, 0.6) is 0 Å². The zero-order valence-corrected chi connectivity index (χ0v) is 13.2. The van der Waals surface area contributed by atoms with E-state index in [2.05, 4.69) is 13.8 Å². The van der Waals surface area contributed by atoms with Crippen LogP contribution >= 0.6 is 0 Å². The number of hydrogen-bond donors (Lipinski definition) is 1. The van der Waals surface area contributed by atoms with Crippen LogP contribution in [0.15, 0.2) is 0 Å². The Hall–Kier alpha value is -0.770. The number of carbonyl (C=O) groups excluding carboxylic acids is 1. The predicted octanol–water partition coefficient (Wildman–Crippen LogP) is 3.15. The fourth-order valence-electron chi connectivity index (χ4n) is 2.80. The first kappa shape index (κ1) is 16.3. The van der Waals surface area contributed by atoms with E-state index in [-0.39, 0.29) is 11.6 Å². The van der Waals surface area contributed by atoms with E-state index in [0.29, 0.717) is 5.92 Å². The van der Waals surface area contributed by atoms with Crippen LogP contribution in [-0.4, -0.2) is 35.2 Å². The maximum atomic E-state index is 12.2. The minimum absolute atomic E-state index is 0.101. The van der Waals surface area contributed by atoms with Gasteiger partial charge in [-0.2, -0.15) is 0 Å². The summed E-state index contributed by atoms with van der Waals surface area (Å²) in [5.41, 5.74) is 5.00. The van der Waals surface area contributed by atoms with Crippen LogP contribution in [0.1, 0.15) is 60.3 Å². The molecule has 0 unspecified atom stereocenters. The summed E-state index contributed by atoms with van der Waals surface area (Å²) in [6, 6.07) is 0. The highest BCUT2D eigenvalue weighted by molar-refractivity contribution is 5.69. The molecule has 0 aromatic heterocycles. The first-order valence-corrected chi connectivity index (χ1v) is 7.36. The van der Waals surface area contributed by atoms with Crippen LogP contribution in [0, 0.1) is 5.92 Å². The van der Waals surface area contributed by atoms with E-state index in [4.69, 9.17) is 10.5 Å². The van der Waals surface area contributed by atoms with Crippen molar-refractivity contribution in [1.29, 1.82) is 0 Å². The second kappa shape index (κ2) is 6.12. The van der Waals surface area contributed by atoms with E-state index < -0.39 is 5.60 Å². The van der Waals surface area contributed by atoms with Crippen molar-refractivity contribution in [3.8, 4) is 0 Å². The van der Waals surface area contributed by atoms with Crippen LogP contribution in [0.3, 0.4) is 0 Å². The van der Waals surface area contributed by atoms with Crippen LogP contribution in [0.25, 0.3) is 0 Å². The summed E-state index contributed by atoms with van der Waals surface area (Å²) in [5, 5.41) is 0. The van der Waals surface area contributed by atoms with Gasteiger partial charge in [0.2, 0.25) is 0 Å². The predicted molar refractivity (Wildman–Crippen MR) is 78.0 cm³/mol. The summed E-state index contributed by atoms with van der Waals surface area (Å²) in [5.74, 6) is 0.578. The standard InChI is InChI=1S/C15H30N2O2/c1-14(2,3)19-13(18)17-11-12(8-6-7-9-16)10-15(17,4)5/h12H,6-11,16H2,1-5H3/t12-/m0/s1. The third-order valence-electron chi connectivity index (χ3n) is 3.64. The summed E-state index contributed by atoms with van der Waals surface area (Å²) in [4.78, 5) is 14.1. The minimum atomic E-state index is -0.426. The molecule has 1 amide bonds. The Morgan fingerprint density at radius 3 is 2.53 bits per heavy atom. The maximum absolute atomic E-state index is 12.2. The molecule has 1 atom stereocenters. The highest BCUT2D eigenvalue weighted by Gasteiger charge is 2.42. The van der Waals surface area contributed by atoms with Gasteiger partial charge in [-0.05, 0) is 66.3 Å². The fraction of sp³-hybridized carbons (Fsp3) is 0.933. The molecule has 0 spiro atoms. The lowest BCUT2D eigenvalue weighted by molar-refractivity contribution is 0.0131. The number of unbranched alkanes of at least 4 members (excludes halogenated alkanes) is 1. The molecule has 0 aromatic carbocycles. The van der Waals surface area contributed by atoms with Gasteiger partial charge in [-0.1, -0.05) is 6.42 Å². The van der Waals surface area contributed by atoms with Gasteiger partial charge in [0.05, 0.1) is 0 Å². The molecule has 0 saturated carbocycles. The van der Waals surface area contributed by atoms with E-state index in [0.717, 1.165) is 38.8 Å². The van der Waals surface area contributed by atoms with Crippen molar-refractivity contribution in [3.63, 3.8) is 0 Å². The van der Waals surface area contributed by atoms with Crippen molar-refractivity contribution in [2.75, 3.05) is 13.1 Å². The zero-order chi connectivity index (χ0) is 14.7. The number of likely N-dealkylation sites (tertiary alicyclic amines) is 1. The Morgan fingerprint density at radius 1 is 1.37 bits per heavy atom. The van der Waals surface area contributed by atoms with Gasteiger partial charge in [0, 0.05) is 12.1 Å². The summed E-state index contributed by atoms with van der Waals surface area (Å²) in [6.07, 6.45) is 4.25. The van der Waals surface area contributed by atoms with E-state index in [9.17, 15) is 4.79 Å². The third kappa shape index (κ3) is 5.01. The Labute approximate surface area is 117 Å². The van der Waals surface area contributed by atoms with E-state index in [1.807, 2.05) is 25.7 Å². The molecule has 0 aliphatic carbocycles. The summed E-state index contributed by atoms with van der Waals surface area (Å²) in [7, 11) is 0. The molecular formula is C15H30N2O2. The van der Waals surface area contributed by atoms with Crippen molar-refractivity contribution in [3.05, 3.63) is 0 Å². The Kier molecular flexibility index (Phi) is 5.25. The molecule has 1 aliphatic heterocycles. The van der Waals surface area contributed by atoms with Crippen molar-refractivity contribution in [2.45, 2.75) is 71.4 Å².